The third kappa shape index (κ3) is 6.28. The summed E-state index contributed by atoms with van der Waals surface area (Å²) in [5.41, 5.74) is 2.91. The van der Waals surface area contributed by atoms with Crippen LogP contribution in [0.4, 0.5) is 5.69 Å². The standard InChI is InChI=1S/C20H24BrN3O2/c1-15-11-17(21)9-10-18(15)22-19(25)13-24(3)20(26)14-23(2)12-16-7-5-4-6-8-16/h4-11H,12-14H2,1-3H3,(H,22,25)/p+1. The van der Waals surface area contributed by atoms with Gasteiger partial charge in [0.1, 0.15) is 6.54 Å². The molecule has 2 aromatic carbocycles. The fourth-order valence-corrected chi connectivity index (χ4v) is 3.14. The van der Waals surface area contributed by atoms with E-state index in [4.69, 9.17) is 0 Å². The normalized spacial score (nSPS) is 11.7. The molecule has 0 spiro atoms. The van der Waals surface area contributed by atoms with Gasteiger partial charge >= 0.3 is 0 Å². The van der Waals surface area contributed by atoms with Crippen molar-refractivity contribution in [3.05, 3.63) is 64.1 Å². The van der Waals surface area contributed by atoms with Crippen LogP contribution in [0.1, 0.15) is 11.1 Å². The Morgan fingerprint density at radius 3 is 2.50 bits per heavy atom. The highest BCUT2D eigenvalue weighted by Gasteiger charge is 2.17. The minimum absolute atomic E-state index is 0.0347. The maximum absolute atomic E-state index is 12.4. The number of nitrogens with zero attached hydrogens (tertiary/aromatic N) is 1. The molecule has 2 aromatic rings. The summed E-state index contributed by atoms with van der Waals surface area (Å²) in [7, 11) is 3.64. The summed E-state index contributed by atoms with van der Waals surface area (Å²) in [4.78, 5) is 27.1. The van der Waals surface area contributed by atoms with Gasteiger partial charge < -0.3 is 15.1 Å². The number of carbonyl (C=O) groups excluding carboxylic acids is 2. The number of benzene rings is 2. The van der Waals surface area contributed by atoms with E-state index in [1.54, 1.807) is 7.05 Å². The highest BCUT2D eigenvalue weighted by Crippen LogP contribution is 2.19. The molecule has 5 nitrogen and oxygen atoms in total. The second kappa shape index (κ2) is 9.50. The second-order valence-corrected chi connectivity index (χ2v) is 7.47. The SMILES string of the molecule is Cc1cc(Br)ccc1NC(=O)CN(C)C(=O)C[NH+](C)Cc1ccccc1. The molecular weight excluding hydrogens is 394 g/mol. The number of hydrogen-bond donors (Lipinski definition) is 2. The molecule has 0 saturated carbocycles. The van der Waals surface area contributed by atoms with Gasteiger partial charge in [0.05, 0.1) is 13.6 Å². The Kier molecular flexibility index (Phi) is 7.36. The molecule has 0 heterocycles. The van der Waals surface area contributed by atoms with Crippen molar-refractivity contribution in [1.29, 1.82) is 0 Å². The van der Waals surface area contributed by atoms with E-state index in [-0.39, 0.29) is 18.4 Å². The summed E-state index contributed by atoms with van der Waals surface area (Å²) in [5, 5.41) is 2.86. The Morgan fingerprint density at radius 2 is 1.85 bits per heavy atom. The molecule has 0 saturated heterocycles. The summed E-state index contributed by atoms with van der Waals surface area (Å²) < 4.78 is 0.963. The van der Waals surface area contributed by atoms with E-state index < -0.39 is 0 Å². The van der Waals surface area contributed by atoms with E-state index in [1.165, 1.54) is 10.5 Å². The molecule has 0 aromatic heterocycles. The monoisotopic (exact) mass is 418 g/mol. The number of anilines is 1. The van der Waals surface area contributed by atoms with Gasteiger partial charge in [-0.3, -0.25) is 9.59 Å². The van der Waals surface area contributed by atoms with Gasteiger partial charge in [-0.15, -0.1) is 0 Å². The molecule has 0 aliphatic rings. The zero-order valence-corrected chi connectivity index (χ0v) is 17.0. The summed E-state index contributed by atoms with van der Waals surface area (Å²) in [6, 6.07) is 15.7. The maximum atomic E-state index is 12.4. The van der Waals surface area contributed by atoms with E-state index in [0.29, 0.717) is 6.54 Å². The molecule has 0 bridgehead atoms. The predicted molar refractivity (Wildman–Crippen MR) is 107 cm³/mol. The second-order valence-electron chi connectivity index (χ2n) is 6.55. The first-order valence-corrected chi connectivity index (χ1v) is 9.29. The van der Waals surface area contributed by atoms with E-state index in [0.717, 1.165) is 27.2 Å². The van der Waals surface area contributed by atoms with Gasteiger partial charge in [-0.05, 0) is 30.7 Å². The van der Waals surface area contributed by atoms with E-state index in [9.17, 15) is 9.59 Å². The van der Waals surface area contributed by atoms with E-state index >= 15 is 0 Å². The van der Waals surface area contributed by atoms with Crippen molar-refractivity contribution >= 4 is 33.4 Å². The van der Waals surface area contributed by atoms with Crippen molar-refractivity contribution in [3.63, 3.8) is 0 Å². The summed E-state index contributed by atoms with van der Waals surface area (Å²) in [6.45, 7) is 3.07. The molecule has 0 aliphatic carbocycles. The van der Waals surface area contributed by atoms with Crippen molar-refractivity contribution in [2.75, 3.05) is 32.5 Å². The first kappa shape index (κ1) is 20.1. The highest BCUT2D eigenvalue weighted by molar-refractivity contribution is 9.10. The Hall–Kier alpha value is -2.18. The Morgan fingerprint density at radius 1 is 1.15 bits per heavy atom. The largest absolute Gasteiger partial charge is 0.332 e. The molecule has 0 aliphatic heterocycles. The van der Waals surface area contributed by atoms with Crippen LogP contribution < -0.4 is 10.2 Å². The minimum Gasteiger partial charge on any atom is -0.332 e. The van der Waals surface area contributed by atoms with Crippen LogP contribution >= 0.6 is 15.9 Å². The Balaban J connectivity index is 1.82. The van der Waals surface area contributed by atoms with Crippen molar-refractivity contribution in [1.82, 2.24) is 4.90 Å². The van der Waals surface area contributed by atoms with Gasteiger partial charge in [-0.1, -0.05) is 46.3 Å². The van der Waals surface area contributed by atoms with Crippen molar-refractivity contribution in [3.8, 4) is 0 Å². The Bertz CT molecular complexity index is 765. The molecule has 1 atom stereocenters. The first-order chi connectivity index (χ1) is 12.3. The van der Waals surface area contributed by atoms with Crippen LogP contribution in [0, 0.1) is 6.92 Å². The molecule has 1 unspecified atom stereocenters. The molecule has 0 fully saturated rings. The van der Waals surface area contributed by atoms with Crippen molar-refractivity contribution in [2.24, 2.45) is 0 Å². The predicted octanol–water partition coefficient (Wildman–Crippen LogP) is 1.87. The number of halogens is 1. The summed E-state index contributed by atoms with van der Waals surface area (Å²) in [6.07, 6.45) is 0. The Labute approximate surface area is 163 Å². The lowest BCUT2D eigenvalue weighted by atomic mass is 10.2. The average molecular weight is 419 g/mol. The summed E-state index contributed by atoms with van der Waals surface area (Å²) >= 11 is 3.40. The van der Waals surface area contributed by atoms with Crippen LogP contribution in [-0.4, -0.2) is 43.9 Å². The molecule has 138 valence electrons. The lowest BCUT2D eigenvalue weighted by Gasteiger charge is -2.20. The molecule has 2 amide bonds. The minimum atomic E-state index is -0.202. The van der Waals surface area contributed by atoms with Crippen LogP contribution in [0.25, 0.3) is 0 Å². The quantitative estimate of drug-likeness (QED) is 0.720. The van der Waals surface area contributed by atoms with E-state index in [2.05, 4.69) is 21.2 Å². The molecule has 2 N–H and O–H groups in total. The van der Waals surface area contributed by atoms with Gasteiger partial charge in [-0.25, -0.2) is 0 Å². The molecule has 0 radical (unpaired) electrons. The number of aryl methyl sites for hydroxylation is 1. The lowest BCUT2D eigenvalue weighted by Crippen LogP contribution is -3.08. The fourth-order valence-electron chi connectivity index (χ4n) is 2.66. The smallest absolute Gasteiger partial charge is 0.277 e. The number of carbonyl (C=O) groups is 2. The highest BCUT2D eigenvalue weighted by atomic mass is 79.9. The van der Waals surface area contributed by atoms with Crippen LogP contribution in [0.15, 0.2) is 53.0 Å². The number of hydrogen-bond acceptors (Lipinski definition) is 2. The number of quaternary nitrogens is 1. The van der Waals surface area contributed by atoms with E-state index in [1.807, 2.05) is 62.5 Å². The van der Waals surface area contributed by atoms with Gasteiger partial charge in [0.2, 0.25) is 5.91 Å². The van der Waals surface area contributed by atoms with Crippen molar-refractivity contribution in [2.45, 2.75) is 13.5 Å². The van der Waals surface area contributed by atoms with Gasteiger partial charge in [0.15, 0.2) is 6.54 Å². The molecular formula is C20H25BrN3O2+. The van der Waals surface area contributed by atoms with Gasteiger partial charge in [0.25, 0.3) is 5.91 Å². The first-order valence-electron chi connectivity index (χ1n) is 8.50. The lowest BCUT2D eigenvalue weighted by molar-refractivity contribution is -0.885. The third-order valence-electron chi connectivity index (χ3n) is 4.07. The molecule has 6 heteroatoms. The maximum Gasteiger partial charge on any atom is 0.277 e. The van der Waals surface area contributed by atoms with Gasteiger partial charge in [-0.2, -0.15) is 0 Å². The third-order valence-corrected chi connectivity index (χ3v) is 4.56. The zero-order valence-electron chi connectivity index (χ0n) is 15.4. The number of amides is 2. The van der Waals surface area contributed by atoms with Crippen LogP contribution in [-0.2, 0) is 16.1 Å². The average Bonchev–Trinajstić information content (AvgIpc) is 2.58. The van der Waals surface area contributed by atoms with Gasteiger partial charge in [0, 0.05) is 22.8 Å². The summed E-state index contributed by atoms with van der Waals surface area (Å²) in [5.74, 6) is -0.256. The molecule has 2 rings (SSSR count). The molecule has 26 heavy (non-hydrogen) atoms. The number of rotatable bonds is 7. The zero-order chi connectivity index (χ0) is 19.1. The van der Waals surface area contributed by atoms with Crippen molar-refractivity contribution < 1.29 is 14.5 Å². The number of likely N-dealkylation sites (N-methyl/N-ethyl adjacent to an activating group) is 2. The fraction of sp³-hybridized carbons (Fsp3) is 0.300. The van der Waals surface area contributed by atoms with Crippen LogP contribution in [0.5, 0.6) is 0 Å². The van der Waals surface area contributed by atoms with Crippen LogP contribution in [0.3, 0.4) is 0 Å². The number of nitrogens with one attached hydrogen (secondary N) is 2. The van der Waals surface area contributed by atoms with Crippen LogP contribution in [0.2, 0.25) is 0 Å². The topological polar surface area (TPSA) is 53.9 Å².